The highest BCUT2D eigenvalue weighted by Crippen LogP contribution is 2.18. The van der Waals surface area contributed by atoms with E-state index in [9.17, 15) is 4.79 Å². The molecule has 78 valence electrons. The molecule has 0 N–H and O–H groups in total. The van der Waals surface area contributed by atoms with Crippen molar-refractivity contribution in [2.24, 2.45) is 0 Å². The van der Waals surface area contributed by atoms with E-state index in [1.54, 1.807) is 12.4 Å². The van der Waals surface area contributed by atoms with Crippen molar-refractivity contribution in [2.75, 3.05) is 18.0 Å². The number of carbonyl (C=O) groups is 1. The number of rotatable bonds is 2. The Hall–Kier alpha value is -1.23. The lowest BCUT2D eigenvalue weighted by Crippen LogP contribution is -2.30. The van der Waals surface area contributed by atoms with Crippen LogP contribution in [0.2, 0.25) is 0 Å². The van der Waals surface area contributed by atoms with Crippen molar-refractivity contribution in [3.8, 4) is 0 Å². The minimum Gasteiger partial charge on any atom is -0.336 e. The molecule has 0 spiro atoms. The van der Waals surface area contributed by atoms with Crippen LogP contribution in [0.15, 0.2) is 23.0 Å². The fourth-order valence-corrected chi connectivity index (χ4v) is 1.96. The van der Waals surface area contributed by atoms with Gasteiger partial charge in [-0.1, -0.05) is 22.0 Å². The van der Waals surface area contributed by atoms with E-state index in [1.807, 2.05) is 0 Å². The highest BCUT2D eigenvalue weighted by atomic mass is 79.9. The molecule has 1 aliphatic rings. The van der Waals surface area contributed by atoms with E-state index in [2.05, 4.69) is 36.9 Å². The highest BCUT2D eigenvalue weighted by Gasteiger charge is 2.13. The second-order valence-electron chi connectivity index (χ2n) is 3.30. The van der Waals surface area contributed by atoms with Crippen LogP contribution in [-0.2, 0) is 0 Å². The van der Waals surface area contributed by atoms with Gasteiger partial charge in [0, 0.05) is 23.4 Å². The topological polar surface area (TPSA) is 46.1 Å². The number of hydrogen-bond acceptors (Lipinski definition) is 4. The molecule has 0 saturated carbocycles. The lowest BCUT2D eigenvalue weighted by Gasteiger charge is -2.25. The Bertz CT molecular complexity index is 388. The van der Waals surface area contributed by atoms with Crippen LogP contribution in [-0.4, -0.2) is 29.3 Å². The zero-order valence-electron chi connectivity index (χ0n) is 8.06. The van der Waals surface area contributed by atoms with Gasteiger partial charge in [-0.25, -0.2) is 9.97 Å². The summed E-state index contributed by atoms with van der Waals surface area (Å²) in [6.07, 6.45) is 6.97. The molecule has 0 unspecified atom stereocenters. The molecule has 0 radical (unpaired) electrons. The molecule has 0 saturated heterocycles. The average Bonchev–Trinajstić information content (AvgIpc) is 2.29. The second-order valence-corrected chi connectivity index (χ2v) is 4.31. The van der Waals surface area contributed by atoms with Crippen molar-refractivity contribution in [1.82, 2.24) is 9.97 Å². The Labute approximate surface area is 96.2 Å². The van der Waals surface area contributed by atoms with Gasteiger partial charge in [-0.2, -0.15) is 0 Å². The molecule has 5 heteroatoms. The fraction of sp³-hybridized carbons (Fsp3) is 0.300. The first kappa shape index (κ1) is 10.3. The molecular weight excluding hydrogens is 258 g/mol. The molecule has 2 rings (SSSR count). The Kier molecular flexibility index (Phi) is 3.11. The van der Waals surface area contributed by atoms with Gasteiger partial charge in [-0.3, -0.25) is 4.79 Å². The molecule has 2 heterocycles. The van der Waals surface area contributed by atoms with Gasteiger partial charge in [-0.15, -0.1) is 0 Å². The van der Waals surface area contributed by atoms with Crippen LogP contribution in [0.5, 0.6) is 0 Å². The van der Waals surface area contributed by atoms with Crippen molar-refractivity contribution in [2.45, 2.75) is 6.42 Å². The third-order valence-corrected chi connectivity index (χ3v) is 2.76. The molecule has 1 aliphatic heterocycles. The normalized spacial score (nSPS) is 16.1. The third kappa shape index (κ3) is 2.41. The van der Waals surface area contributed by atoms with Gasteiger partial charge < -0.3 is 4.90 Å². The molecule has 0 aliphatic carbocycles. The molecule has 1 aromatic heterocycles. The number of aldehydes is 1. The summed E-state index contributed by atoms with van der Waals surface area (Å²) in [7, 11) is 0. The van der Waals surface area contributed by atoms with Crippen molar-refractivity contribution >= 4 is 28.2 Å². The van der Waals surface area contributed by atoms with E-state index >= 15 is 0 Å². The fourth-order valence-electron chi connectivity index (χ4n) is 1.43. The molecule has 15 heavy (non-hydrogen) atoms. The summed E-state index contributed by atoms with van der Waals surface area (Å²) in [5.74, 6) is 0.672. The first-order valence-corrected chi connectivity index (χ1v) is 5.45. The second kappa shape index (κ2) is 4.53. The Morgan fingerprint density at radius 2 is 2.13 bits per heavy atom. The van der Waals surface area contributed by atoms with Crippen LogP contribution in [0.3, 0.4) is 0 Å². The molecule has 1 aromatic rings. The first-order valence-electron chi connectivity index (χ1n) is 4.66. The molecular formula is C10H10BrN3O. The van der Waals surface area contributed by atoms with Crippen LogP contribution in [0.4, 0.5) is 5.95 Å². The number of halogens is 1. The maximum absolute atomic E-state index is 10.4. The number of nitrogens with zero attached hydrogens (tertiary/aromatic N) is 3. The SMILES string of the molecule is O=Cc1cnc(N2CCC=C(Br)C2)nc1. The van der Waals surface area contributed by atoms with Crippen molar-refractivity contribution in [3.63, 3.8) is 0 Å². The van der Waals surface area contributed by atoms with Crippen LogP contribution in [0.25, 0.3) is 0 Å². The largest absolute Gasteiger partial charge is 0.336 e. The maximum atomic E-state index is 10.4. The minimum atomic E-state index is 0.505. The molecule has 0 bridgehead atoms. The van der Waals surface area contributed by atoms with E-state index in [-0.39, 0.29) is 0 Å². The van der Waals surface area contributed by atoms with Gasteiger partial charge in [-0.05, 0) is 6.42 Å². The van der Waals surface area contributed by atoms with E-state index in [4.69, 9.17) is 0 Å². The van der Waals surface area contributed by atoms with Gasteiger partial charge >= 0.3 is 0 Å². The van der Waals surface area contributed by atoms with Gasteiger partial charge in [0.25, 0.3) is 0 Å². The number of hydrogen-bond donors (Lipinski definition) is 0. The predicted octanol–water partition coefficient (Wildman–Crippen LogP) is 1.78. The quantitative estimate of drug-likeness (QED) is 0.767. The molecule has 0 atom stereocenters. The highest BCUT2D eigenvalue weighted by molar-refractivity contribution is 9.11. The van der Waals surface area contributed by atoms with Gasteiger partial charge in [0.15, 0.2) is 6.29 Å². The van der Waals surface area contributed by atoms with E-state index in [0.29, 0.717) is 11.5 Å². The van der Waals surface area contributed by atoms with Crippen molar-refractivity contribution < 1.29 is 4.79 Å². The standard InChI is InChI=1S/C10H10BrN3O/c11-9-2-1-3-14(6-9)10-12-4-8(7-15)5-13-10/h2,4-5,7H,1,3,6H2. The monoisotopic (exact) mass is 267 g/mol. The van der Waals surface area contributed by atoms with E-state index in [0.717, 1.165) is 30.3 Å². The summed E-state index contributed by atoms with van der Waals surface area (Å²) in [6, 6.07) is 0. The van der Waals surface area contributed by atoms with Gasteiger partial charge in [0.1, 0.15) is 0 Å². The number of carbonyl (C=O) groups excluding carboxylic acids is 1. The summed E-state index contributed by atoms with van der Waals surface area (Å²) < 4.78 is 1.15. The lowest BCUT2D eigenvalue weighted by atomic mass is 10.2. The summed E-state index contributed by atoms with van der Waals surface area (Å²) in [4.78, 5) is 20.8. The average molecular weight is 268 g/mol. The first-order chi connectivity index (χ1) is 7.29. The smallest absolute Gasteiger partial charge is 0.225 e. The van der Waals surface area contributed by atoms with Crippen LogP contribution >= 0.6 is 15.9 Å². The van der Waals surface area contributed by atoms with Gasteiger partial charge in [0.2, 0.25) is 5.95 Å². The van der Waals surface area contributed by atoms with Crippen LogP contribution in [0.1, 0.15) is 16.8 Å². The molecule has 4 nitrogen and oxygen atoms in total. The third-order valence-electron chi connectivity index (χ3n) is 2.18. The maximum Gasteiger partial charge on any atom is 0.225 e. The summed E-state index contributed by atoms with van der Waals surface area (Å²) in [5.41, 5.74) is 0.505. The lowest BCUT2D eigenvalue weighted by molar-refractivity contribution is 0.112. The summed E-state index contributed by atoms with van der Waals surface area (Å²) in [5, 5.41) is 0. The summed E-state index contributed by atoms with van der Waals surface area (Å²) in [6.45, 7) is 1.70. The Balaban J connectivity index is 2.15. The Morgan fingerprint density at radius 3 is 2.73 bits per heavy atom. The predicted molar refractivity (Wildman–Crippen MR) is 61.3 cm³/mol. The molecule has 0 fully saturated rings. The zero-order valence-corrected chi connectivity index (χ0v) is 9.64. The van der Waals surface area contributed by atoms with Gasteiger partial charge in [0.05, 0.1) is 12.1 Å². The van der Waals surface area contributed by atoms with E-state index < -0.39 is 0 Å². The number of anilines is 1. The Morgan fingerprint density at radius 1 is 1.40 bits per heavy atom. The molecule has 0 amide bonds. The zero-order chi connectivity index (χ0) is 10.7. The summed E-state index contributed by atoms with van der Waals surface area (Å²) >= 11 is 3.46. The van der Waals surface area contributed by atoms with Crippen molar-refractivity contribution in [3.05, 3.63) is 28.5 Å². The van der Waals surface area contributed by atoms with E-state index in [1.165, 1.54) is 0 Å². The number of aromatic nitrogens is 2. The van der Waals surface area contributed by atoms with Crippen molar-refractivity contribution in [1.29, 1.82) is 0 Å². The molecule has 0 aromatic carbocycles. The minimum absolute atomic E-state index is 0.505. The van der Waals surface area contributed by atoms with Crippen LogP contribution in [0, 0.1) is 0 Å². The van der Waals surface area contributed by atoms with Crippen LogP contribution < -0.4 is 4.90 Å².